The Morgan fingerprint density at radius 1 is 1.67 bits per heavy atom. The molecule has 0 radical (unpaired) electrons. The smallest absolute Gasteiger partial charge is 0.100 e. The Morgan fingerprint density at radius 3 is 3.00 bits per heavy atom. The third kappa shape index (κ3) is 1.63. The van der Waals surface area contributed by atoms with Crippen LogP contribution < -0.4 is 0 Å². The first kappa shape index (κ1) is 8.75. The largest absolute Gasteiger partial charge is 0.299 e. The Balaban J connectivity index is 2.99. The second-order valence-corrected chi connectivity index (χ2v) is 2.45. The zero-order chi connectivity index (χ0) is 8.97. The van der Waals surface area contributed by atoms with Crippen molar-refractivity contribution in [1.82, 2.24) is 0 Å². The van der Waals surface area contributed by atoms with E-state index in [0.717, 1.165) is 5.57 Å². The number of nitrogens with zero attached hydrogens (tertiary/aromatic N) is 2. The summed E-state index contributed by atoms with van der Waals surface area (Å²) < 4.78 is 3.64. The molecule has 0 aromatic carbocycles. The van der Waals surface area contributed by atoms with E-state index in [1.807, 2.05) is 6.07 Å². The highest BCUT2D eigenvalue weighted by atomic mass is 32.1. The van der Waals surface area contributed by atoms with Gasteiger partial charge in [0, 0.05) is 0 Å². The van der Waals surface area contributed by atoms with Gasteiger partial charge in [0.15, 0.2) is 0 Å². The van der Waals surface area contributed by atoms with Gasteiger partial charge in [0.1, 0.15) is 5.71 Å². The topological polar surface area (TPSA) is 60.0 Å². The van der Waals surface area contributed by atoms with Gasteiger partial charge < -0.3 is 0 Å². The third-order valence-electron chi connectivity index (χ3n) is 1.49. The summed E-state index contributed by atoms with van der Waals surface area (Å²) in [5, 5.41) is 15.9. The van der Waals surface area contributed by atoms with Gasteiger partial charge >= 0.3 is 0 Å². The van der Waals surface area contributed by atoms with Crippen molar-refractivity contribution < 1.29 is 0 Å². The van der Waals surface area contributed by atoms with Gasteiger partial charge in [-0.2, -0.15) is 5.26 Å². The van der Waals surface area contributed by atoms with Crippen molar-refractivity contribution in [3.63, 3.8) is 0 Å². The molecule has 0 aliphatic heterocycles. The fourth-order valence-corrected chi connectivity index (χ4v) is 1.17. The normalized spacial score (nSPS) is 19.2. The molecular formula is C8H7N3S. The summed E-state index contributed by atoms with van der Waals surface area (Å²) in [6.07, 6.45) is 5.40. The van der Waals surface area contributed by atoms with E-state index >= 15 is 0 Å². The van der Waals surface area contributed by atoms with Crippen molar-refractivity contribution in [2.45, 2.75) is 6.42 Å². The average molecular weight is 177 g/mol. The Hall–Kier alpha value is -1.34. The van der Waals surface area contributed by atoms with Crippen LogP contribution in [0, 0.1) is 16.7 Å². The van der Waals surface area contributed by atoms with Crippen molar-refractivity contribution in [2.24, 2.45) is 4.40 Å². The van der Waals surface area contributed by atoms with Gasteiger partial charge in [-0.05, 0) is 24.5 Å². The van der Waals surface area contributed by atoms with Crippen molar-refractivity contribution in [3.8, 4) is 6.07 Å². The highest BCUT2D eigenvalue weighted by Crippen LogP contribution is 2.11. The predicted octanol–water partition coefficient (Wildman–Crippen LogP) is 1.70. The number of allylic oxidation sites excluding steroid dienone is 4. The zero-order valence-corrected chi connectivity index (χ0v) is 7.18. The van der Waals surface area contributed by atoms with E-state index in [2.05, 4.69) is 17.2 Å². The first-order valence-electron chi connectivity index (χ1n) is 3.35. The second-order valence-electron chi connectivity index (χ2n) is 2.25. The fraction of sp³-hybridized carbons (Fsp3) is 0.125. The van der Waals surface area contributed by atoms with E-state index in [9.17, 15) is 0 Å². The lowest BCUT2D eigenvalue weighted by atomic mass is 9.99. The fourth-order valence-electron chi connectivity index (χ4n) is 0.937. The summed E-state index contributed by atoms with van der Waals surface area (Å²) in [6, 6.07) is 2.01. The van der Waals surface area contributed by atoms with Gasteiger partial charge in [-0.25, -0.2) is 4.40 Å². The SMILES string of the molecule is N#CCC1=CC=CC(=N)/C1=N\S. The van der Waals surface area contributed by atoms with Gasteiger partial charge in [0.25, 0.3) is 0 Å². The Morgan fingerprint density at radius 2 is 2.42 bits per heavy atom. The van der Waals surface area contributed by atoms with Crippen LogP contribution in [-0.2, 0) is 0 Å². The Kier molecular flexibility index (Phi) is 2.83. The molecule has 1 aliphatic carbocycles. The Labute approximate surface area is 76.2 Å². The van der Waals surface area contributed by atoms with E-state index in [1.54, 1.807) is 18.2 Å². The molecule has 0 saturated carbocycles. The number of hydrogen-bond acceptors (Lipinski definition) is 4. The van der Waals surface area contributed by atoms with Crippen LogP contribution in [0.25, 0.3) is 0 Å². The number of hydrogen-bond donors (Lipinski definition) is 2. The van der Waals surface area contributed by atoms with E-state index < -0.39 is 0 Å². The van der Waals surface area contributed by atoms with Crippen molar-refractivity contribution in [2.75, 3.05) is 0 Å². The van der Waals surface area contributed by atoms with E-state index in [0.29, 0.717) is 11.4 Å². The summed E-state index contributed by atoms with van der Waals surface area (Å²) >= 11 is 3.74. The first-order valence-corrected chi connectivity index (χ1v) is 3.75. The molecule has 0 bridgehead atoms. The number of thiol groups is 1. The molecule has 12 heavy (non-hydrogen) atoms. The molecule has 1 rings (SSSR count). The minimum absolute atomic E-state index is 0.270. The molecule has 0 spiro atoms. The summed E-state index contributed by atoms with van der Waals surface area (Å²) in [5.74, 6) is 0. The van der Waals surface area contributed by atoms with E-state index in [4.69, 9.17) is 10.7 Å². The van der Waals surface area contributed by atoms with Crippen LogP contribution in [0.5, 0.6) is 0 Å². The maximum Gasteiger partial charge on any atom is 0.100 e. The second kappa shape index (κ2) is 3.88. The predicted molar refractivity (Wildman–Crippen MR) is 51.6 cm³/mol. The van der Waals surface area contributed by atoms with E-state index in [1.165, 1.54) is 0 Å². The van der Waals surface area contributed by atoms with Gasteiger partial charge in [-0.1, -0.05) is 12.2 Å². The van der Waals surface area contributed by atoms with Crippen LogP contribution in [-0.4, -0.2) is 11.4 Å². The standard InChI is InChI=1S/C8H7N3S/c9-5-4-6-2-1-3-7(10)8(6)11-12/h1-3,10,12H,4H2/b10-7?,11-8-. The van der Waals surface area contributed by atoms with Gasteiger partial charge in [-0.3, -0.25) is 5.41 Å². The van der Waals surface area contributed by atoms with Crippen molar-refractivity contribution in [1.29, 1.82) is 10.7 Å². The molecule has 0 atom stereocenters. The van der Waals surface area contributed by atoms with Crippen LogP contribution in [0.3, 0.4) is 0 Å². The van der Waals surface area contributed by atoms with Crippen molar-refractivity contribution >= 4 is 24.2 Å². The molecule has 0 heterocycles. The maximum absolute atomic E-state index is 8.45. The third-order valence-corrected chi connectivity index (χ3v) is 1.69. The molecule has 0 aromatic heterocycles. The highest BCUT2D eigenvalue weighted by Gasteiger charge is 2.12. The lowest BCUT2D eigenvalue weighted by molar-refractivity contribution is 1.30. The summed E-state index contributed by atoms with van der Waals surface area (Å²) in [7, 11) is 0. The van der Waals surface area contributed by atoms with Gasteiger partial charge in [0.05, 0.1) is 18.2 Å². The summed E-state index contributed by atoms with van der Waals surface area (Å²) in [5.41, 5.74) is 1.54. The molecule has 60 valence electrons. The zero-order valence-electron chi connectivity index (χ0n) is 6.28. The maximum atomic E-state index is 8.45. The quantitative estimate of drug-likeness (QED) is 0.465. The van der Waals surface area contributed by atoms with Crippen LogP contribution >= 0.6 is 12.8 Å². The number of nitrogens with one attached hydrogen (secondary N) is 1. The first-order chi connectivity index (χ1) is 5.79. The van der Waals surface area contributed by atoms with Crippen LogP contribution in [0.15, 0.2) is 28.2 Å². The average Bonchev–Trinajstić information content (AvgIpc) is 2.05. The van der Waals surface area contributed by atoms with Crippen LogP contribution in [0.4, 0.5) is 0 Å². The van der Waals surface area contributed by atoms with Crippen molar-refractivity contribution in [3.05, 3.63) is 23.8 Å². The molecular weight excluding hydrogens is 170 g/mol. The molecule has 0 amide bonds. The lowest BCUT2D eigenvalue weighted by Crippen LogP contribution is -2.15. The van der Waals surface area contributed by atoms with Crippen LogP contribution in [0.2, 0.25) is 0 Å². The minimum atomic E-state index is 0.270. The molecule has 0 saturated heterocycles. The highest BCUT2D eigenvalue weighted by molar-refractivity contribution is 7.79. The molecule has 1 aliphatic rings. The number of rotatable bonds is 1. The molecule has 0 aromatic rings. The van der Waals surface area contributed by atoms with Gasteiger partial charge in [-0.15, -0.1) is 0 Å². The Bertz CT molecular complexity index is 331. The monoisotopic (exact) mass is 177 g/mol. The van der Waals surface area contributed by atoms with Crippen LogP contribution in [0.1, 0.15) is 6.42 Å². The number of nitriles is 1. The summed E-state index contributed by atoms with van der Waals surface area (Å²) in [4.78, 5) is 0. The van der Waals surface area contributed by atoms with E-state index in [-0.39, 0.29) is 6.42 Å². The molecule has 4 heteroatoms. The molecule has 1 N–H and O–H groups in total. The molecule has 0 unspecified atom stereocenters. The molecule has 3 nitrogen and oxygen atoms in total. The lowest BCUT2D eigenvalue weighted by Gasteiger charge is -2.08. The summed E-state index contributed by atoms with van der Waals surface area (Å²) in [6.45, 7) is 0. The minimum Gasteiger partial charge on any atom is -0.299 e. The van der Waals surface area contributed by atoms with Gasteiger partial charge in [0.2, 0.25) is 0 Å². The molecule has 0 fully saturated rings.